The zero-order valence-electron chi connectivity index (χ0n) is 20.4. The lowest BCUT2D eigenvalue weighted by Gasteiger charge is -2.38. The van der Waals surface area contributed by atoms with E-state index in [2.05, 4.69) is 38.3 Å². The molecule has 0 bridgehead atoms. The summed E-state index contributed by atoms with van der Waals surface area (Å²) in [6.07, 6.45) is 5.62. The van der Waals surface area contributed by atoms with Crippen LogP contribution < -0.4 is 5.32 Å². The minimum absolute atomic E-state index is 0. The fourth-order valence-electron chi connectivity index (χ4n) is 5.51. The number of nitrogens with zero attached hydrogens (tertiary/aromatic N) is 2. The van der Waals surface area contributed by atoms with E-state index in [0.717, 1.165) is 74.7 Å². The van der Waals surface area contributed by atoms with Crippen LogP contribution >= 0.6 is 39.9 Å². The number of rotatable bonds is 8. The zero-order chi connectivity index (χ0) is 24.4. The van der Waals surface area contributed by atoms with Gasteiger partial charge in [-0.15, -0.1) is 12.4 Å². The Morgan fingerprint density at radius 3 is 2.44 bits per heavy atom. The molecular formula is C28H34BrCl2N3O2. The van der Waals surface area contributed by atoms with E-state index in [4.69, 9.17) is 11.6 Å². The molecule has 2 aliphatic heterocycles. The average molecular weight is 595 g/mol. The first-order valence-electron chi connectivity index (χ1n) is 12.7. The minimum Gasteiger partial charge on any atom is -0.349 e. The van der Waals surface area contributed by atoms with Gasteiger partial charge in [-0.1, -0.05) is 51.8 Å². The molecule has 1 atom stereocenters. The van der Waals surface area contributed by atoms with Gasteiger partial charge in [0.25, 0.3) is 0 Å². The van der Waals surface area contributed by atoms with Crippen molar-refractivity contribution in [1.82, 2.24) is 15.1 Å². The van der Waals surface area contributed by atoms with E-state index in [1.807, 2.05) is 41.3 Å². The van der Waals surface area contributed by atoms with Gasteiger partial charge in [-0.05, 0) is 87.0 Å². The Hall–Kier alpha value is -1.60. The van der Waals surface area contributed by atoms with E-state index in [1.165, 1.54) is 5.56 Å². The fourth-order valence-corrected chi connectivity index (χ4v) is 5.98. The highest BCUT2D eigenvalue weighted by atomic mass is 79.9. The van der Waals surface area contributed by atoms with E-state index in [9.17, 15) is 9.59 Å². The Labute approximate surface area is 233 Å². The van der Waals surface area contributed by atoms with Gasteiger partial charge in [0.05, 0.1) is 11.5 Å². The van der Waals surface area contributed by atoms with E-state index in [0.29, 0.717) is 17.5 Å². The Bertz CT molecular complexity index is 1070. The molecule has 2 aromatic rings. The molecule has 2 aromatic carbocycles. The van der Waals surface area contributed by atoms with Crippen LogP contribution in [0.3, 0.4) is 0 Å². The second-order valence-electron chi connectivity index (χ2n) is 10.4. The lowest BCUT2D eigenvalue weighted by molar-refractivity contribution is -0.139. The fraction of sp³-hybridized carbons (Fsp3) is 0.500. The molecule has 194 valence electrons. The molecule has 0 radical (unpaired) electrons. The molecule has 1 unspecified atom stereocenters. The molecule has 5 rings (SSSR count). The maximum Gasteiger partial charge on any atom is 0.229 e. The summed E-state index contributed by atoms with van der Waals surface area (Å²) in [5.41, 5.74) is 2.05. The lowest BCUT2D eigenvalue weighted by atomic mass is 9.77. The Kier molecular flexibility index (Phi) is 9.03. The average Bonchev–Trinajstić information content (AvgIpc) is 3.67. The molecule has 36 heavy (non-hydrogen) atoms. The van der Waals surface area contributed by atoms with Crippen molar-refractivity contribution in [1.29, 1.82) is 0 Å². The van der Waals surface area contributed by atoms with Crippen molar-refractivity contribution in [3.8, 4) is 0 Å². The van der Waals surface area contributed by atoms with Crippen molar-refractivity contribution in [2.45, 2.75) is 51.1 Å². The highest BCUT2D eigenvalue weighted by Crippen LogP contribution is 2.42. The van der Waals surface area contributed by atoms with Crippen LogP contribution in [0.1, 0.15) is 55.7 Å². The van der Waals surface area contributed by atoms with Crippen LogP contribution in [-0.2, 0) is 16.1 Å². The molecule has 0 aromatic heterocycles. The van der Waals surface area contributed by atoms with Crippen LogP contribution in [0.25, 0.3) is 0 Å². The summed E-state index contributed by atoms with van der Waals surface area (Å²) in [6.45, 7) is 4.29. The topological polar surface area (TPSA) is 52.7 Å². The van der Waals surface area contributed by atoms with Gasteiger partial charge in [0.2, 0.25) is 11.8 Å². The van der Waals surface area contributed by atoms with Crippen molar-refractivity contribution in [3.63, 3.8) is 0 Å². The molecule has 1 N–H and O–H groups in total. The molecule has 2 amide bonds. The van der Waals surface area contributed by atoms with Gasteiger partial charge in [-0.25, -0.2) is 0 Å². The summed E-state index contributed by atoms with van der Waals surface area (Å²) < 4.78 is 1.06. The normalized spacial score (nSPS) is 20.3. The molecule has 1 saturated carbocycles. The molecular weight excluding hydrogens is 561 g/mol. The molecule has 5 nitrogen and oxygen atoms in total. The zero-order valence-corrected chi connectivity index (χ0v) is 23.6. The second kappa shape index (κ2) is 11.8. The van der Waals surface area contributed by atoms with Crippen molar-refractivity contribution in [2.75, 3.05) is 26.2 Å². The van der Waals surface area contributed by atoms with E-state index in [-0.39, 0.29) is 35.7 Å². The number of carbonyl (C=O) groups excluding carboxylic acids is 2. The molecule has 1 aliphatic carbocycles. The molecule has 8 heteroatoms. The summed E-state index contributed by atoms with van der Waals surface area (Å²) in [6, 6.07) is 16.0. The van der Waals surface area contributed by atoms with Gasteiger partial charge in [-0.3, -0.25) is 9.59 Å². The minimum atomic E-state index is -0.196. The van der Waals surface area contributed by atoms with Crippen LogP contribution in [-0.4, -0.2) is 47.8 Å². The third kappa shape index (κ3) is 6.45. The van der Waals surface area contributed by atoms with Crippen LogP contribution in [0, 0.1) is 11.3 Å². The standard InChI is InChI=1S/C28H33BrClN3O2.ClH/c29-23-8-4-20(5-9-23)19-33-17-13-28(27(33)35)11-15-32(16-12-28)14-10-25(31-26(34)21-6-7-21)22-2-1-3-24(30)18-22;/h1-5,8-9,18,21,25H,6-7,10-17,19H2,(H,31,34);1H. The summed E-state index contributed by atoms with van der Waals surface area (Å²) in [4.78, 5) is 30.4. The Morgan fingerprint density at radius 1 is 1.08 bits per heavy atom. The van der Waals surface area contributed by atoms with E-state index < -0.39 is 0 Å². The third-order valence-electron chi connectivity index (χ3n) is 7.95. The highest BCUT2D eigenvalue weighted by Gasteiger charge is 2.47. The third-order valence-corrected chi connectivity index (χ3v) is 8.71. The predicted molar refractivity (Wildman–Crippen MR) is 149 cm³/mol. The first-order valence-corrected chi connectivity index (χ1v) is 13.9. The maximum atomic E-state index is 13.4. The van der Waals surface area contributed by atoms with Crippen LogP contribution in [0.2, 0.25) is 5.02 Å². The summed E-state index contributed by atoms with van der Waals surface area (Å²) in [5.74, 6) is 0.670. The first-order chi connectivity index (χ1) is 16.9. The number of benzene rings is 2. The smallest absolute Gasteiger partial charge is 0.229 e. The molecule has 3 aliphatic rings. The van der Waals surface area contributed by atoms with Crippen molar-refractivity contribution in [3.05, 3.63) is 69.2 Å². The van der Waals surface area contributed by atoms with Gasteiger partial charge < -0.3 is 15.1 Å². The first kappa shape index (κ1) is 27.4. The maximum absolute atomic E-state index is 13.4. The molecule has 2 heterocycles. The van der Waals surface area contributed by atoms with Crippen LogP contribution in [0.15, 0.2) is 53.0 Å². The summed E-state index contributed by atoms with van der Waals surface area (Å²) in [7, 11) is 0. The molecule has 3 fully saturated rings. The number of amides is 2. The van der Waals surface area contributed by atoms with Gasteiger partial charge in [-0.2, -0.15) is 0 Å². The highest BCUT2D eigenvalue weighted by molar-refractivity contribution is 9.10. The number of hydrogen-bond donors (Lipinski definition) is 1. The van der Waals surface area contributed by atoms with Crippen LogP contribution in [0.5, 0.6) is 0 Å². The Balaban J connectivity index is 0.00000304. The summed E-state index contributed by atoms with van der Waals surface area (Å²) in [5, 5.41) is 3.96. The second-order valence-corrected chi connectivity index (χ2v) is 11.8. The largest absolute Gasteiger partial charge is 0.349 e. The molecule has 1 spiro atoms. The number of halogens is 3. The van der Waals surface area contributed by atoms with Gasteiger partial charge >= 0.3 is 0 Å². The number of hydrogen-bond acceptors (Lipinski definition) is 3. The Morgan fingerprint density at radius 2 is 1.78 bits per heavy atom. The van der Waals surface area contributed by atoms with Crippen LogP contribution in [0.4, 0.5) is 0 Å². The number of piperidine rings is 1. The van der Waals surface area contributed by atoms with Gasteiger partial charge in [0, 0.05) is 35.0 Å². The van der Waals surface area contributed by atoms with Gasteiger partial charge in [0.1, 0.15) is 0 Å². The van der Waals surface area contributed by atoms with Crippen molar-refractivity contribution < 1.29 is 9.59 Å². The van der Waals surface area contributed by atoms with Gasteiger partial charge in [0.15, 0.2) is 0 Å². The number of nitrogens with one attached hydrogen (secondary N) is 1. The lowest BCUT2D eigenvalue weighted by Crippen LogP contribution is -2.45. The number of carbonyl (C=O) groups is 2. The van der Waals surface area contributed by atoms with Crippen molar-refractivity contribution in [2.24, 2.45) is 11.3 Å². The predicted octanol–water partition coefficient (Wildman–Crippen LogP) is 6.00. The van der Waals surface area contributed by atoms with E-state index in [1.54, 1.807) is 0 Å². The van der Waals surface area contributed by atoms with Crippen molar-refractivity contribution >= 4 is 51.8 Å². The number of likely N-dealkylation sites (tertiary alicyclic amines) is 2. The quantitative estimate of drug-likeness (QED) is 0.408. The molecule has 2 saturated heterocycles. The monoisotopic (exact) mass is 593 g/mol. The summed E-state index contributed by atoms with van der Waals surface area (Å²) >= 11 is 9.72. The SMILES string of the molecule is Cl.O=C(NC(CCN1CCC2(CC1)CCN(Cc1ccc(Br)cc1)C2=O)c1cccc(Cl)c1)C1CC1. The van der Waals surface area contributed by atoms with E-state index >= 15 is 0 Å².